The molecule has 0 aliphatic carbocycles. The Kier molecular flexibility index (Phi) is 3.74. The van der Waals surface area contributed by atoms with Crippen LogP contribution < -0.4 is 11.1 Å². The van der Waals surface area contributed by atoms with Crippen LogP contribution in [0.5, 0.6) is 0 Å². The summed E-state index contributed by atoms with van der Waals surface area (Å²) in [7, 11) is 0. The molecular weight excluding hydrogens is 294 g/mol. The Bertz CT molecular complexity index is 363. The molecule has 1 rings (SSSR count). The van der Waals surface area contributed by atoms with Gasteiger partial charge in [-0.1, -0.05) is 12.2 Å². The van der Waals surface area contributed by atoms with E-state index in [4.69, 9.17) is 5.73 Å². The molecule has 0 fully saturated rings. The first kappa shape index (κ1) is 11.3. The Morgan fingerprint density at radius 1 is 1.64 bits per heavy atom. The fourth-order valence-corrected chi connectivity index (χ4v) is 1.45. The van der Waals surface area contributed by atoms with Crippen LogP contribution in [0.1, 0.15) is 6.92 Å². The fraction of sp³-hybridized carbons (Fsp3) is 0.200. The third kappa shape index (κ3) is 2.87. The lowest BCUT2D eigenvalue weighted by Gasteiger charge is -2.09. The third-order valence-corrected chi connectivity index (χ3v) is 2.50. The van der Waals surface area contributed by atoms with E-state index in [2.05, 4.69) is 11.9 Å². The van der Waals surface area contributed by atoms with Crippen molar-refractivity contribution >= 4 is 34.0 Å². The van der Waals surface area contributed by atoms with Gasteiger partial charge in [0.1, 0.15) is 5.82 Å². The van der Waals surface area contributed by atoms with E-state index in [1.54, 1.807) is 6.07 Å². The smallest absolute Gasteiger partial charge is 0.138 e. The molecule has 0 aromatic heterocycles. The van der Waals surface area contributed by atoms with E-state index >= 15 is 0 Å². The molecule has 4 heteroatoms. The van der Waals surface area contributed by atoms with Crippen LogP contribution in [0.25, 0.3) is 0 Å². The van der Waals surface area contributed by atoms with E-state index < -0.39 is 0 Å². The lowest BCUT2D eigenvalue weighted by molar-refractivity contribution is 0.621. The van der Waals surface area contributed by atoms with Crippen molar-refractivity contribution in [1.82, 2.24) is 0 Å². The fourth-order valence-electron chi connectivity index (χ4n) is 0.961. The third-order valence-electron chi connectivity index (χ3n) is 1.67. The number of nitrogens with one attached hydrogen (secondary N) is 1. The normalized spacial score (nSPS) is 9.93. The highest BCUT2D eigenvalue weighted by molar-refractivity contribution is 14.1. The highest BCUT2D eigenvalue weighted by Gasteiger charge is 2.04. The van der Waals surface area contributed by atoms with Gasteiger partial charge in [-0.15, -0.1) is 0 Å². The number of hydrogen-bond acceptors (Lipinski definition) is 2. The number of hydrogen-bond donors (Lipinski definition) is 2. The van der Waals surface area contributed by atoms with E-state index in [-0.39, 0.29) is 5.82 Å². The van der Waals surface area contributed by atoms with Gasteiger partial charge in [-0.05, 0) is 35.6 Å². The van der Waals surface area contributed by atoms with Gasteiger partial charge < -0.3 is 11.1 Å². The minimum Gasteiger partial charge on any atom is -0.397 e. The van der Waals surface area contributed by atoms with E-state index in [1.165, 1.54) is 6.07 Å². The van der Waals surface area contributed by atoms with Crippen molar-refractivity contribution < 1.29 is 4.39 Å². The molecule has 76 valence electrons. The summed E-state index contributed by atoms with van der Waals surface area (Å²) in [6.07, 6.45) is 0. The Labute approximate surface area is 96.5 Å². The summed E-state index contributed by atoms with van der Waals surface area (Å²) in [5, 5.41) is 3.01. The van der Waals surface area contributed by atoms with Gasteiger partial charge >= 0.3 is 0 Å². The van der Waals surface area contributed by atoms with E-state index in [0.29, 0.717) is 21.5 Å². The molecule has 0 unspecified atom stereocenters. The number of nitrogens with two attached hydrogens (primary N) is 1. The summed E-state index contributed by atoms with van der Waals surface area (Å²) < 4.78 is 13.7. The molecule has 14 heavy (non-hydrogen) atoms. The van der Waals surface area contributed by atoms with Crippen LogP contribution in [0, 0.1) is 9.39 Å². The van der Waals surface area contributed by atoms with Crippen molar-refractivity contribution in [3.05, 3.63) is 33.7 Å². The van der Waals surface area contributed by atoms with Crippen molar-refractivity contribution in [1.29, 1.82) is 0 Å². The van der Waals surface area contributed by atoms with Gasteiger partial charge in [0.2, 0.25) is 0 Å². The number of rotatable bonds is 3. The van der Waals surface area contributed by atoms with E-state index in [1.807, 2.05) is 29.5 Å². The van der Waals surface area contributed by atoms with E-state index in [0.717, 1.165) is 5.57 Å². The minimum atomic E-state index is -0.260. The zero-order chi connectivity index (χ0) is 10.7. The Hall–Kier alpha value is -0.780. The summed E-state index contributed by atoms with van der Waals surface area (Å²) in [6.45, 7) is 6.24. The number of nitrogen functional groups attached to an aromatic ring is 1. The summed E-state index contributed by atoms with van der Waals surface area (Å²) in [5.74, 6) is -0.260. The molecule has 0 saturated heterocycles. The van der Waals surface area contributed by atoms with Crippen LogP contribution in [0.2, 0.25) is 0 Å². The SMILES string of the molecule is C=C(C)CNc1cc(F)c(I)cc1N. The number of benzene rings is 1. The Morgan fingerprint density at radius 2 is 2.29 bits per heavy atom. The lowest BCUT2D eigenvalue weighted by atomic mass is 10.2. The topological polar surface area (TPSA) is 38.0 Å². The highest BCUT2D eigenvalue weighted by atomic mass is 127. The van der Waals surface area contributed by atoms with Crippen LogP contribution >= 0.6 is 22.6 Å². The predicted molar refractivity (Wildman–Crippen MR) is 66.8 cm³/mol. The minimum absolute atomic E-state index is 0.260. The van der Waals surface area contributed by atoms with Gasteiger partial charge in [-0.25, -0.2) is 4.39 Å². The van der Waals surface area contributed by atoms with Crippen molar-refractivity contribution in [3.63, 3.8) is 0 Å². The van der Waals surface area contributed by atoms with Gasteiger partial charge in [0, 0.05) is 12.6 Å². The van der Waals surface area contributed by atoms with Gasteiger partial charge in [0.25, 0.3) is 0 Å². The number of anilines is 2. The van der Waals surface area contributed by atoms with Crippen LogP contribution in [0.3, 0.4) is 0 Å². The molecular formula is C10H12FIN2. The molecule has 0 saturated carbocycles. The first-order valence-electron chi connectivity index (χ1n) is 4.13. The second-order valence-electron chi connectivity index (χ2n) is 3.16. The Morgan fingerprint density at radius 3 is 2.86 bits per heavy atom. The average Bonchev–Trinajstić information content (AvgIpc) is 2.09. The van der Waals surface area contributed by atoms with Gasteiger partial charge in [-0.2, -0.15) is 0 Å². The molecule has 0 bridgehead atoms. The summed E-state index contributed by atoms with van der Waals surface area (Å²) in [5.41, 5.74) is 7.86. The largest absolute Gasteiger partial charge is 0.397 e. The quantitative estimate of drug-likeness (QED) is 0.512. The predicted octanol–water partition coefficient (Wildman–Crippen LogP) is 3.00. The summed E-state index contributed by atoms with van der Waals surface area (Å²) in [4.78, 5) is 0. The standard InChI is InChI=1S/C10H12FIN2/c1-6(2)5-14-10-3-7(11)8(12)4-9(10)13/h3-4,14H,1,5,13H2,2H3. The Balaban J connectivity index is 2.87. The molecule has 0 amide bonds. The van der Waals surface area contributed by atoms with E-state index in [9.17, 15) is 4.39 Å². The molecule has 0 heterocycles. The van der Waals surface area contributed by atoms with Crippen molar-refractivity contribution in [2.45, 2.75) is 6.92 Å². The molecule has 1 aromatic carbocycles. The maximum absolute atomic E-state index is 13.2. The van der Waals surface area contributed by atoms with Gasteiger partial charge in [-0.3, -0.25) is 0 Å². The van der Waals surface area contributed by atoms with Crippen LogP contribution in [-0.4, -0.2) is 6.54 Å². The lowest BCUT2D eigenvalue weighted by Crippen LogP contribution is -2.05. The average molecular weight is 306 g/mol. The molecule has 0 atom stereocenters. The van der Waals surface area contributed by atoms with Crippen LogP contribution in [0.15, 0.2) is 24.3 Å². The van der Waals surface area contributed by atoms with Crippen LogP contribution in [0.4, 0.5) is 15.8 Å². The second-order valence-corrected chi connectivity index (χ2v) is 4.33. The van der Waals surface area contributed by atoms with Gasteiger partial charge in [0.15, 0.2) is 0 Å². The molecule has 2 nitrogen and oxygen atoms in total. The maximum Gasteiger partial charge on any atom is 0.138 e. The second kappa shape index (κ2) is 4.63. The van der Waals surface area contributed by atoms with Crippen molar-refractivity contribution in [2.24, 2.45) is 0 Å². The van der Waals surface area contributed by atoms with Crippen molar-refractivity contribution in [2.75, 3.05) is 17.6 Å². The van der Waals surface area contributed by atoms with Crippen molar-refractivity contribution in [3.8, 4) is 0 Å². The molecule has 0 aliphatic heterocycles. The molecule has 0 radical (unpaired) electrons. The first-order valence-corrected chi connectivity index (χ1v) is 5.21. The molecule has 0 aliphatic rings. The number of halogens is 2. The highest BCUT2D eigenvalue weighted by Crippen LogP contribution is 2.23. The molecule has 3 N–H and O–H groups in total. The monoisotopic (exact) mass is 306 g/mol. The maximum atomic E-state index is 13.2. The first-order chi connectivity index (χ1) is 6.50. The zero-order valence-electron chi connectivity index (χ0n) is 7.90. The van der Waals surface area contributed by atoms with Gasteiger partial charge in [0.05, 0.1) is 14.9 Å². The van der Waals surface area contributed by atoms with Crippen LogP contribution in [-0.2, 0) is 0 Å². The summed E-state index contributed by atoms with van der Waals surface area (Å²) in [6, 6.07) is 3.01. The molecule has 1 aromatic rings. The zero-order valence-corrected chi connectivity index (χ0v) is 10.1. The summed E-state index contributed by atoms with van der Waals surface area (Å²) >= 11 is 1.91. The molecule has 0 spiro atoms.